The van der Waals surface area contributed by atoms with Crippen LogP contribution >= 0.6 is 0 Å². The number of aromatic nitrogens is 4. The number of nitrogens with one attached hydrogen (secondary N) is 1. The lowest BCUT2D eigenvalue weighted by atomic mass is 9.70. The number of hydrogen-bond acceptors (Lipinski definition) is 7. The van der Waals surface area contributed by atoms with Gasteiger partial charge in [0, 0.05) is 23.7 Å². The smallest absolute Gasteiger partial charge is 0.214 e. The van der Waals surface area contributed by atoms with Gasteiger partial charge in [0.05, 0.1) is 24.4 Å². The first kappa shape index (κ1) is 56.7. The largest absolute Gasteiger partial charge is 0.493 e. The SMILES string of the molecule is CCC(CC)(c1ccc(/C=C/C2(O)CCCCC2)c(C)c1)c1ccc(OCCCCc2nn[nH]n2)c(C)c1.[C-]#[N+]CCCCOc1ccc(C(CC)(CC)c2ccc(/C=C/C3(O)CCCCC3)c(C)c2)cc1C. The van der Waals surface area contributed by atoms with Gasteiger partial charge in [-0.2, -0.15) is 5.21 Å². The van der Waals surface area contributed by atoms with Crippen molar-refractivity contribution in [3.8, 4) is 11.5 Å². The summed E-state index contributed by atoms with van der Waals surface area (Å²) in [6.07, 6.45) is 27.3. The molecule has 0 bridgehead atoms. The normalized spacial score (nSPS) is 15.7. The number of benzene rings is 4. The topological polar surface area (TPSA) is 118 Å². The Hall–Kier alpha value is -5.56. The van der Waals surface area contributed by atoms with E-state index in [2.05, 4.69) is 166 Å². The lowest BCUT2D eigenvalue weighted by Gasteiger charge is -2.34. The van der Waals surface area contributed by atoms with Gasteiger partial charge < -0.3 is 24.5 Å². The molecule has 0 unspecified atom stereocenters. The predicted octanol–water partition coefficient (Wildman–Crippen LogP) is 15.2. The number of unbranched alkanes of at least 4 members (excludes halogenated alkanes) is 2. The maximum absolute atomic E-state index is 10.9. The van der Waals surface area contributed by atoms with Crippen molar-refractivity contribution < 1.29 is 19.7 Å². The van der Waals surface area contributed by atoms with Crippen molar-refractivity contribution in [3.63, 3.8) is 0 Å². The molecule has 9 nitrogen and oxygen atoms in total. The van der Waals surface area contributed by atoms with Crippen molar-refractivity contribution in [1.29, 1.82) is 0 Å². The summed E-state index contributed by atoms with van der Waals surface area (Å²) in [4.78, 5) is 3.41. The number of aryl methyl sites for hydroxylation is 5. The number of ether oxygens (including phenoxy) is 2. The van der Waals surface area contributed by atoms with Crippen LogP contribution in [0.2, 0.25) is 0 Å². The number of tetrazole rings is 1. The Kier molecular flexibility index (Phi) is 21.1. The summed E-state index contributed by atoms with van der Waals surface area (Å²) in [5.41, 5.74) is 11.2. The zero-order valence-corrected chi connectivity index (χ0v) is 45.8. The van der Waals surface area contributed by atoms with Crippen LogP contribution in [0.1, 0.15) is 205 Å². The molecule has 5 aromatic rings. The zero-order chi connectivity index (χ0) is 52.3. The quantitative estimate of drug-likeness (QED) is 0.0441. The van der Waals surface area contributed by atoms with Crippen LogP contribution in [-0.2, 0) is 17.3 Å². The van der Waals surface area contributed by atoms with E-state index in [1.54, 1.807) is 0 Å². The summed E-state index contributed by atoms with van der Waals surface area (Å²) in [5, 5.41) is 35.9. The lowest BCUT2D eigenvalue weighted by Crippen LogP contribution is -2.28. The van der Waals surface area contributed by atoms with Crippen molar-refractivity contribution in [3.05, 3.63) is 158 Å². The van der Waals surface area contributed by atoms with Crippen molar-refractivity contribution in [2.75, 3.05) is 19.8 Å². The van der Waals surface area contributed by atoms with E-state index in [1.165, 1.54) is 62.9 Å². The Morgan fingerprint density at radius 3 is 1.36 bits per heavy atom. The molecule has 4 aromatic carbocycles. The molecule has 2 fully saturated rings. The van der Waals surface area contributed by atoms with Gasteiger partial charge >= 0.3 is 0 Å². The summed E-state index contributed by atoms with van der Waals surface area (Å²) < 4.78 is 12.1. The van der Waals surface area contributed by atoms with Gasteiger partial charge in [0.2, 0.25) is 6.54 Å². The molecule has 392 valence electrons. The van der Waals surface area contributed by atoms with Crippen LogP contribution in [-0.4, -0.2) is 61.8 Å². The molecule has 2 aliphatic carbocycles. The van der Waals surface area contributed by atoms with Gasteiger partial charge in [0.1, 0.15) is 11.5 Å². The molecule has 73 heavy (non-hydrogen) atoms. The molecule has 2 saturated carbocycles. The first-order valence-corrected chi connectivity index (χ1v) is 27.9. The van der Waals surface area contributed by atoms with Crippen LogP contribution in [0.25, 0.3) is 17.0 Å². The average Bonchev–Trinajstić information content (AvgIpc) is 3.92. The molecule has 1 aromatic heterocycles. The Bertz CT molecular complexity index is 2590. The summed E-state index contributed by atoms with van der Waals surface area (Å²) in [5.74, 6) is 2.64. The predicted molar refractivity (Wildman–Crippen MR) is 300 cm³/mol. The van der Waals surface area contributed by atoms with Crippen LogP contribution in [0, 0.1) is 34.3 Å². The third-order valence-corrected chi connectivity index (χ3v) is 16.5. The van der Waals surface area contributed by atoms with Gasteiger partial charge in [-0.05, 0) is 166 Å². The number of aromatic amines is 1. The minimum atomic E-state index is -0.643. The zero-order valence-electron chi connectivity index (χ0n) is 45.8. The van der Waals surface area contributed by atoms with Crippen LogP contribution in [0.5, 0.6) is 11.5 Å². The Morgan fingerprint density at radius 1 is 0.575 bits per heavy atom. The first-order chi connectivity index (χ1) is 35.3. The molecule has 0 amide bonds. The highest BCUT2D eigenvalue weighted by atomic mass is 16.5. The molecule has 0 spiro atoms. The summed E-state index contributed by atoms with van der Waals surface area (Å²) in [6.45, 7) is 26.6. The molecule has 9 heteroatoms. The number of aliphatic hydroxyl groups is 2. The highest BCUT2D eigenvalue weighted by molar-refractivity contribution is 5.59. The second-order valence-corrected chi connectivity index (χ2v) is 21.2. The van der Waals surface area contributed by atoms with Gasteiger partial charge in [-0.15, -0.1) is 10.2 Å². The van der Waals surface area contributed by atoms with Crippen molar-refractivity contribution in [2.45, 2.75) is 199 Å². The highest BCUT2D eigenvalue weighted by Gasteiger charge is 2.33. The number of nitrogens with zero attached hydrogens (tertiary/aromatic N) is 4. The Morgan fingerprint density at radius 2 is 0.986 bits per heavy atom. The minimum absolute atomic E-state index is 0.0481. The van der Waals surface area contributed by atoms with E-state index >= 15 is 0 Å². The second-order valence-electron chi connectivity index (χ2n) is 21.2. The third kappa shape index (κ3) is 14.8. The van der Waals surface area contributed by atoms with E-state index in [0.29, 0.717) is 19.8 Å². The molecule has 7 rings (SSSR count). The van der Waals surface area contributed by atoms with E-state index in [1.807, 2.05) is 12.2 Å². The molecule has 3 N–H and O–H groups in total. The first-order valence-electron chi connectivity index (χ1n) is 27.9. The van der Waals surface area contributed by atoms with Crippen LogP contribution in [0.15, 0.2) is 84.9 Å². The fraction of sp³-hybridized carbons (Fsp3) is 0.531. The molecule has 2 aliphatic rings. The fourth-order valence-electron chi connectivity index (χ4n) is 11.5. The molecule has 0 aliphatic heterocycles. The van der Waals surface area contributed by atoms with Crippen molar-refractivity contribution in [2.24, 2.45) is 0 Å². The second kappa shape index (κ2) is 27.1. The van der Waals surface area contributed by atoms with Gasteiger partial charge in [-0.25, -0.2) is 6.57 Å². The molecule has 1 heterocycles. The van der Waals surface area contributed by atoms with Crippen molar-refractivity contribution in [1.82, 2.24) is 20.6 Å². The van der Waals surface area contributed by atoms with E-state index in [9.17, 15) is 10.2 Å². The molecule has 0 radical (unpaired) electrons. The summed E-state index contributed by atoms with van der Waals surface area (Å²) >= 11 is 0. The lowest BCUT2D eigenvalue weighted by molar-refractivity contribution is 0.0517. The van der Waals surface area contributed by atoms with Gasteiger partial charge in [0.15, 0.2) is 5.82 Å². The van der Waals surface area contributed by atoms with E-state index in [-0.39, 0.29) is 10.8 Å². The maximum Gasteiger partial charge on any atom is 0.214 e. The summed E-state index contributed by atoms with van der Waals surface area (Å²) in [7, 11) is 0. The molecule has 0 atom stereocenters. The molecular weight excluding hydrogens is 903 g/mol. The van der Waals surface area contributed by atoms with Crippen molar-refractivity contribution >= 4 is 12.2 Å². The van der Waals surface area contributed by atoms with Crippen LogP contribution < -0.4 is 9.47 Å². The van der Waals surface area contributed by atoms with Gasteiger partial charge in [-0.3, -0.25) is 0 Å². The van der Waals surface area contributed by atoms with Crippen LogP contribution in [0.4, 0.5) is 0 Å². The Balaban J connectivity index is 0.000000239. The van der Waals surface area contributed by atoms with Crippen LogP contribution in [0.3, 0.4) is 0 Å². The van der Waals surface area contributed by atoms with E-state index in [0.717, 1.165) is 132 Å². The standard InChI is InChI=1S/C32H44N4O2.C32H43NO2/c1-5-32(6-2,27-14-13-26(24(3)22-27)17-20-31(37)18-9-7-10-19-31)28-15-16-29(25(4)23-28)38-21-11-8-12-30-33-35-36-34-30;1-6-32(7-2,29-15-16-30(26(4)24-29)35-22-12-11-21-33-5)28-14-13-27(25(3)23-28)17-20-31(34)18-9-8-10-19-31/h13-17,20,22-23,37H,5-12,18-19,21H2,1-4H3,(H,33,34,35,36);13-17,20,23-24,34H,6-12,18-19,21-22H2,1-4H3/b2*20-17+. The monoisotopic (exact) mass is 990 g/mol. The molecule has 0 saturated heterocycles. The van der Waals surface area contributed by atoms with Gasteiger partial charge in [-0.1, -0.05) is 156 Å². The average molecular weight is 990 g/mol. The number of H-pyrrole nitrogens is 1. The van der Waals surface area contributed by atoms with E-state index < -0.39 is 11.2 Å². The highest BCUT2D eigenvalue weighted by Crippen LogP contribution is 2.43. The number of rotatable bonds is 23. The fourth-order valence-corrected chi connectivity index (χ4v) is 11.5. The minimum Gasteiger partial charge on any atom is -0.493 e. The number of hydrogen-bond donors (Lipinski definition) is 3. The molecular formula is C64H87N5O4. The summed E-state index contributed by atoms with van der Waals surface area (Å²) in [6, 6.07) is 27.0. The maximum atomic E-state index is 10.9. The van der Waals surface area contributed by atoms with Gasteiger partial charge in [0.25, 0.3) is 0 Å². The Labute approximate surface area is 439 Å². The van der Waals surface area contributed by atoms with E-state index in [4.69, 9.17) is 16.0 Å². The third-order valence-electron chi connectivity index (χ3n) is 16.5.